The first-order valence-electron chi connectivity index (χ1n) is 6.96. The molecule has 2 rings (SSSR count). The average molecular weight is 358 g/mol. The Hall–Kier alpha value is -1.70. The summed E-state index contributed by atoms with van der Waals surface area (Å²) in [6, 6.07) is 5.54. The average Bonchev–Trinajstić information content (AvgIpc) is 2.48. The van der Waals surface area contributed by atoms with Crippen LogP contribution in [0.3, 0.4) is 0 Å². The highest BCUT2D eigenvalue weighted by atomic mass is 35.5. The third kappa shape index (κ3) is 4.63. The summed E-state index contributed by atoms with van der Waals surface area (Å²) in [5.74, 6) is -1.86. The van der Waals surface area contributed by atoms with Gasteiger partial charge in [-0.1, -0.05) is 35.9 Å². The number of carbonyl (C=O) groups is 2. The van der Waals surface area contributed by atoms with Gasteiger partial charge in [0.15, 0.2) is 0 Å². The summed E-state index contributed by atoms with van der Waals surface area (Å²) in [7, 11) is -3.79. The Morgan fingerprint density at radius 3 is 2.61 bits per heavy atom. The lowest BCUT2D eigenvalue weighted by Crippen LogP contribution is -2.50. The fourth-order valence-corrected chi connectivity index (χ4v) is 3.91. The molecular weight excluding hydrogens is 342 g/mol. The van der Waals surface area contributed by atoms with Gasteiger partial charge in [-0.15, -0.1) is 0 Å². The van der Waals surface area contributed by atoms with E-state index in [2.05, 4.69) is 0 Å². The normalized spacial score (nSPS) is 20.0. The lowest BCUT2D eigenvalue weighted by molar-refractivity contribution is -0.145. The van der Waals surface area contributed by atoms with Crippen molar-refractivity contribution >= 4 is 39.5 Å². The van der Waals surface area contributed by atoms with Crippen LogP contribution in [0, 0.1) is 0 Å². The van der Waals surface area contributed by atoms with Gasteiger partial charge in [-0.3, -0.25) is 9.59 Å². The molecule has 1 aliphatic heterocycles. The van der Waals surface area contributed by atoms with Crippen molar-refractivity contribution in [1.82, 2.24) is 4.31 Å². The quantitative estimate of drug-likeness (QED) is 0.867. The Kier molecular flexibility index (Phi) is 5.56. The number of hydrogen-bond donors (Lipinski definition) is 1. The van der Waals surface area contributed by atoms with Crippen LogP contribution in [0.4, 0.5) is 0 Å². The van der Waals surface area contributed by atoms with Gasteiger partial charge in [0.25, 0.3) is 0 Å². The molecule has 23 heavy (non-hydrogen) atoms. The van der Waals surface area contributed by atoms with Gasteiger partial charge in [0.2, 0.25) is 10.0 Å². The number of carboxylic acids is 1. The number of Topliss-reactive ketones (excluding diaryl/α,β-unsaturated/α-hetero) is 1. The molecule has 0 aliphatic carbocycles. The van der Waals surface area contributed by atoms with E-state index in [9.17, 15) is 18.0 Å². The van der Waals surface area contributed by atoms with Crippen LogP contribution < -0.4 is 0 Å². The Balaban J connectivity index is 2.09. The Morgan fingerprint density at radius 2 is 2.00 bits per heavy atom. The molecule has 6 nitrogen and oxygen atoms in total. The fraction of sp³-hybridized carbons (Fsp3) is 0.333. The highest BCUT2D eigenvalue weighted by Crippen LogP contribution is 2.19. The minimum Gasteiger partial charge on any atom is -0.480 e. The first-order valence-corrected chi connectivity index (χ1v) is 8.94. The van der Waals surface area contributed by atoms with Gasteiger partial charge in [-0.05, 0) is 17.7 Å². The van der Waals surface area contributed by atoms with Crippen molar-refractivity contribution in [2.24, 2.45) is 0 Å². The van der Waals surface area contributed by atoms with Gasteiger partial charge < -0.3 is 5.11 Å². The molecule has 1 fully saturated rings. The third-order valence-electron chi connectivity index (χ3n) is 3.51. The van der Waals surface area contributed by atoms with Crippen LogP contribution >= 0.6 is 11.6 Å². The molecule has 1 aromatic carbocycles. The maximum Gasteiger partial charge on any atom is 0.322 e. The zero-order valence-electron chi connectivity index (χ0n) is 12.2. The second kappa shape index (κ2) is 7.25. The van der Waals surface area contributed by atoms with E-state index in [-0.39, 0.29) is 30.9 Å². The largest absolute Gasteiger partial charge is 0.480 e. The van der Waals surface area contributed by atoms with Crippen LogP contribution in [-0.4, -0.2) is 47.9 Å². The Labute approximate surface area is 139 Å². The first-order chi connectivity index (χ1) is 10.8. The molecule has 0 amide bonds. The monoisotopic (exact) mass is 357 g/mol. The first kappa shape index (κ1) is 17.7. The number of rotatable bonds is 5. The summed E-state index contributed by atoms with van der Waals surface area (Å²) < 4.78 is 25.6. The number of hydrogen-bond acceptors (Lipinski definition) is 4. The molecule has 0 aromatic heterocycles. The van der Waals surface area contributed by atoms with Gasteiger partial charge in [-0.25, -0.2) is 8.42 Å². The molecule has 1 N–H and O–H groups in total. The number of benzene rings is 1. The number of carboxylic acid groups (broad SMARTS) is 1. The molecule has 0 spiro atoms. The molecule has 8 heteroatoms. The van der Waals surface area contributed by atoms with Crippen molar-refractivity contribution in [3.05, 3.63) is 40.9 Å². The Bertz CT molecular complexity index is 727. The minimum atomic E-state index is -3.79. The van der Waals surface area contributed by atoms with Gasteiger partial charge in [0.1, 0.15) is 11.8 Å². The predicted molar refractivity (Wildman–Crippen MR) is 86.6 cm³/mol. The van der Waals surface area contributed by atoms with Crippen LogP contribution in [0.15, 0.2) is 30.3 Å². The zero-order chi connectivity index (χ0) is 17.0. The summed E-state index contributed by atoms with van der Waals surface area (Å²) >= 11 is 5.77. The van der Waals surface area contributed by atoms with Crippen LogP contribution in [0.2, 0.25) is 5.02 Å². The Morgan fingerprint density at radius 1 is 1.35 bits per heavy atom. The van der Waals surface area contributed by atoms with Gasteiger partial charge in [0.05, 0.1) is 5.75 Å². The number of piperidine rings is 1. The summed E-state index contributed by atoms with van der Waals surface area (Å²) in [6.07, 6.45) is 2.84. The van der Waals surface area contributed by atoms with Crippen molar-refractivity contribution in [3.63, 3.8) is 0 Å². The van der Waals surface area contributed by atoms with Crippen molar-refractivity contribution in [2.75, 3.05) is 12.3 Å². The number of aliphatic carboxylic acids is 1. The molecule has 1 saturated heterocycles. The van der Waals surface area contributed by atoms with Gasteiger partial charge >= 0.3 is 5.97 Å². The molecule has 1 unspecified atom stereocenters. The lowest BCUT2D eigenvalue weighted by Gasteiger charge is -2.30. The van der Waals surface area contributed by atoms with E-state index in [1.165, 1.54) is 6.08 Å². The van der Waals surface area contributed by atoms with Crippen molar-refractivity contribution in [3.8, 4) is 0 Å². The number of nitrogens with zero attached hydrogens (tertiary/aromatic N) is 1. The van der Waals surface area contributed by atoms with Crippen molar-refractivity contribution in [2.45, 2.75) is 18.9 Å². The maximum absolute atomic E-state index is 12.3. The van der Waals surface area contributed by atoms with Crippen LogP contribution in [-0.2, 0) is 19.6 Å². The number of halogens is 1. The zero-order valence-corrected chi connectivity index (χ0v) is 13.8. The summed E-state index contributed by atoms with van der Waals surface area (Å²) in [4.78, 5) is 22.6. The molecule has 124 valence electrons. The molecular formula is C15H16ClNO5S. The van der Waals surface area contributed by atoms with E-state index in [0.29, 0.717) is 5.02 Å². The minimum absolute atomic E-state index is 0.0455. The molecule has 1 atom stereocenters. The second-order valence-corrected chi connectivity index (χ2v) is 7.59. The van der Waals surface area contributed by atoms with Crippen LogP contribution in [0.1, 0.15) is 18.4 Å². The molecule has 0 bridgehead atoms. The number of sulfonamides is 1. The molecule has 0 saturated carbocycles. The van der Waals surface area contributed by atoms with E-state index in [1.807, 2.05) is 0 Å². The van der Waals surface area contributed by atoms with Gasteiger partial charge in [0, 0.05) is 24.4 Å². The van der Waals surface area contributed by atoms with Crippen molar-refractivity contribution in [1.29, 1.82) is 0 Å². The standard InChI is InChI=1S/C15H16ClNO5S/c16-12-5-3-11(4-6-12)2-1-9-23(21,22)17-8-7-13(18)10-14(17)15(19)20/h1-6,14H,7-10H2,(H,19,20). The van der Waals surface area contributed by atoms with Crippen molar-refractivity contribution < 1.29 is 23.1 Å². The molecule has 1 aromatic rings. The fourth-order valence-electron chi connectivity index (χ4n) is 2.33. The molecule has 1 aliphatic rings. The van der Waals surface area contributed by atoms with Crippen LogP contribution in [0.25, 0.3) is 6.08 Å². The van der Waals surface area contributed by atoms with Gasteiger partial charge in [-0.2, -0.15) is 4.31 Å². The lowest BCUT2D eigenvalue weighted by atomic mass is 10.0. The third-order valence-corrected chi connectivity index (χ3v) is 5.53. The van der Waals surface area contributed by atoms with E-state index >= 15 is 0 Å². The van der Waals surface area contributed by atoms with E-state index in [1.54, 1.807) is 30.3 Å². The van der Waals surface area contributed by atoms with E-state index in [4.69, 9.17) is 16.7 Å². The highest BCUT2D eigenvalue weighted by molar-refractivity contribution is 7.89. The van der Waals surface area contributed by atoms with E-state index in [0.717, 1.165) is 9.87 Å². The smallest absolute Gasteiger partial charge is 0.322 e. The summed E-state index contributed by atoms with van der Waals surface area (Å²) in [5.41, 5.74) is 0.785. The summed E-state index contributed by atoms with van der Waals surface area (Å²) in [6.45, 7) is -0.0904. The predicted octanol–water partition coefficient (Wildman–Crippen LogP) is 1.80. The SMILES string of the molecule is O=C1CCN(S(=O)(=O)CC=Cc2ccc(Cl)cc2)C(C(=O)O)C1. The number of carbonyl (C=O) groups excluding carboxylic acids is 1. The molecule has 1 heterocycles. The highest BCUT2D eigenvalue weighted by Gasteiger charge is 2.38. The second-order valence-electron chi connectivity index (χ2n) is 5.19. The van der Waals surface area contributed by atoms with Crippen LogP contribution in [0.5, 0.6) is 0 Å². The maximum atomic E-state index is 12.3. The number of ketones is 1. The topological polar surface area (TPSA) is 91.8 Å². The van der Waals surface area contributed by atoms with E-state index < -0.39 is 22.0 Å². The summed E-state index contributed by atoms with van der Waals surface area (Å²) in [5, 5.41) is 9.71. The molecule has 0 radical (unpaired) electrons.